The first-order valence-electron chi connectivity index (χ1n) is 11.3. The zero-order valence-corrected chi connectivity index (χ0v) is 19.7. The molecule has 2 aromatic rings. The third-order valence-corrected chi connectivity index (χ3v) is 7.26. The molecule has 33 heavy (non-hydrogen) atoms. The number of benzene rings is 2. The largest absolute Gasteiger partial charge is 0.462 e. The fourth-order valence-electron chi connectivity index (χ4n) is 3.53. The van der Waals surface area contributed by atoms with Crippen molar-refractivity contribution in [2.45, 2.75) is 43.9 Å². The Morgan fingerprint density at radius 2 is 1.52 bits per heavy atom. The van der Waals surface area contributed by atoms with Crippen LogP contribution in [0.25, 0.3) is 0 Å². The van der Waals surface area contributed by atoms with Gasteiger partial charge < -0.3 is 15.4 Å². The lowest BCUT2D eigenvalue weighted by molar-refractivity contribution is -0.114. The van der Waals surface area contributed by atoms with E-state index in [0.717, 1.165) is 32.1 Å². The van der Waals surface area contributed by atoms with Crippen LogP contribution in [0.2, 0.25) is 0 Å². The Balaban J connectivity index is 1.51. The summed E-state index contributed by atoms with van der Waals surface area (Å²) in [5.74, 6) is -0.646. The number of nitrogens with zero attached hydrogens (tertiary/aromatic N) is 1. The summed E-state index contributed by atoms with van der Waals surface area (Å²) in [6.07, 6.45) is 4.64. The zero-order chi connectivity index (χ0) is 23.7. The molecular formula is C24H31N3O5S. The quantitative estimate of drug-likeness (QED) is 0.536. The molecule has 0 aliphatic carbocycles. The molecule has 1 saturated heterocycles. The van der Waals surface area contributed by atoms with Gasteiger partial charge in [0.2, 0.25) is 15.9 Å². The van der Waals surface area contributed by atoms with Gasteiger partial charge in [0.1, 0.15) is 0 Å². The minimum atomic E-state index is -3.52. The fourth-order valence-corrected chi connectivity index (χ4v) is 5.05. The van der Waals surface area contributed by atoms with Gasteiger partial charge in [-0.05, 0) is 67.8 Å². The number of ether oxygens (including phenoxy) is 1. The average Bonchev–Trinajstić information content (AvgIpc) is 3.12. The normalized spacial score (nSPS) is 14.8. The highest BCUT2D eigenvalue weighted by Crippen LogP contribution is 2.22. The average molecular weight is 474 g/mol. The number of carbonyl (C=O) groups is 2. The van der Waals surface area contributed by atoms with Crippen LogP contribution in [0.3, 0.4) is 0 Å². The molecule has 9 heteroatoms. The van der Waals surface area contributed by atoms with E-state index in [0.29, 0.717) is 36.6 Å². The molecule has 1 fully saturated rings. The summed E-state index contributed by atoms with van der Waals surface area (Å²) in [7, 11) is -3.52. The highest BCUT2D eigenvalue weighted by Gasteiger charge is 2.25. The number of hydrogen-bond donors (Lipinski definition) is 2. The lowest BCUT2D eigenvalue weighted by Crippen LogP contribution is -2.31. The van der Waals surface area contributed by atoms with E-state index in [2.05, 4.69) is 10.6 Å². The van der Waals surface area contributed by atoms with Gasteiger partial charge in [-0.2, -0.15) is 4.31 Å². The molecule has 0 atom stereocenters. The molecule has 0 saturated carbocycles. The third kappa shape index (κ3) is 7.03. The molecule has 0 bridgehead atoms. The second kappa shape index (κ2) is 11.8. The van der Waals surface area contributed by atoms with Gasteiger partial charge in [0.15, 0.2) is 0 Å². The Hall–Kier alpha value is -2.91. The van der Waals surface area contributed by atoms with Crippen molar-refractivity contribution in [3.05, 3.63) is 54.1 Å². The molecule has 0 unspecified atom stereocenters. The molecule has 0 radical (unpaired) electrons. The summed E-state index contributed by atoms with van der Waals surface area (Å²) in [4.78, 5) is 24.3. The minimum Gasteiger partial charge on any atom is -0.462 e. The van der Waals surface area contributed by atoms with Crippen molar-refractivity contribution >= 4 is 33.3 Å². The van der Waals surface area contributed by atoms with Crippen molar-refractivity contribution in [1.29, 1.82) is 0 Å². The molecule has 178 valence electrons. The molecule has 1 aliphatic rings. The van der Waals surface area contributed by atoms with Crippen LogP contribution in [0, 0.1) is 0 Å². The number of anilines is 2. The summed E-state index contributed by atoms with van der Waals surface area (Å²) in [5, 5.41) is 5.74. The monoisotopic (exact) mass is 473 g/mol. The van der Waals surface area contributed by atoms with Gasteiger partial charge in [-0.15, -0.1) is 0 Å². The number of nitrogens with one attached hydrogen (secondary N) is 2. The van der Waals surface area contributed by atoms with Crippen LogP contribution >= 0.6 is 0 Å². The van der Waals surface area contributed by atoms with Gasteiger partial charge in [0.25, 0.3) is 0 Å². The highest BCUT2D eigenvalue weighted by molar-refractivity contribution is 7.89. The van der Waals surface area contributed by atoms with Crippen LogP contribution in [0.1, 0.15) is 49.4 Å². The van der Waals surface area contributed by atoms with Crippen molar-refractivity contribution in [1.82, 2.24) is 4.31 Å². The maximum Gasteiger partial charge on any atom is 0.338 e. The van der Waals surface area contributed by atoms with Gasteiger partial charge >= 0.3 is 5.97 Å². The smallest absolute Gasteiger partial charge is 0.338 e. The Morgan fingerprint density at radius 1 is 0.909 bits per heavy atom. The first kappa shape index (κ1) is 24.7. The predicted molar refractivity (Wildman–Crippen MR) is 128 cm³/mol. The molecule has 1 heterocycles. The van der Waals surface area contributed by atoms with E-state index >= 15 is 0 Å². The lowest BCUT2D eigenvalue weighted by Gasteiger charge is -2.20. The van der Waals surface area contributed by atoms with Crippen LogP contribution in [-0.2, 0) is 19.6 Å². The van der Waals surface area contributed by atoms with E-state index in [1.165, 1.54) is 12.1 Å². The van der Waals surface area contributed by atoms with Crippen molar-refractivity contribution in [2.75, 3.05) is 36.9 Å². The second-order valence-corrected chi connectivity index (χ2v) is 9.90. The first-order chi connectivity index (χ1) is 15.9. The van der Waals surface area contributed by atoms with Crippen molar-refractivity contribution in [2.24, 2.45) is 0 Å². The van der Waals surface area contributed by atoms with E-state index in [4.69, 9.17) is 4.74 Å². The Kier molecular flexibility index (Phi) is 8.85. The van der Waals surface area contributed by atoms with Crippen LogP contribution in [-0.4, -0.2) is 50.8 Å². The van der Waals surface area contributed by atoms with Gasteiger partial charge in [-0.3, -0.25) is 4.79 Å². The number of rotatable bonds is 9. The summed E-state index contributed by atoms with van der Waals surface area (Å²) in [6.45, 7) is 3.43. The molecule has 3 rings (SSSR count). The first-order valence-corrected chi connectivity index (χ1v) is 12.8. The molecule has 0 spiro atoms. The van der Waals surface area contributed by atoms with Crippen molar-refractivity contribution in [3.63, 3.8) is 0 Å². The van der Waals surface area contributed by atoms with E-state index in [1.54, 1.807) is 40.7 Å². The Labute approximate surface area is 195 Å². The van der Waals surface area contributed by atoms with Gasteiger partial charge in [-0.25, -0.2) is 13.2 Å². The van der Waals surface area contributed by atoms with Crippen LogP contribution in [0.4, 0.5) is 11.4 Å². The topological polar surface area (TPSA) is 105 Å². The maximum atomic E-state index is 12.9. The Morgan fingerprint density at radius 3 is 2.12 bits per heavy atom. The molecule has 2 N–H and O–H groups in total. The number of esters is 1. The van der Waals surface area contributed by atoms with Crippen LogP contribution in [0.15, 0.2) is 53.4 Å². The minimum absolute atomic E-state index is 0.0213. The number of amides is 1. The van der Waals surface area contributed by atoms with Crippen LogP contribution < -0.4 is 10.6 Å². The summed E-state index contributed by atoms with van der Waals surface area (Å²) < 4.78 is 32.3. The molecular weight excluding hydrogens is 442 g/mol. The summed E-state index contributed by atoms with van der Waals surface area (Å²) >= 11 is 0. The Bertz CT molecular complexity index is 1030. The SMILES string of the molecule is CCCOC(=O)c1ccc(NCC(=O)Nc2ccc(S(=O)(=O)N3CCCCCC3)cc2)cc1. The van der Waals surface area contributed by atoms with E-state index < -0.39 is 10.0 Å². The van der Waals surface area contributed by atoms with Crippen LogP contribution in [0.5, 0.6) is 0 Å². The number of carbonyl (C=O) groups excluding carboxylic acids is 2. The van der Waals surface area contributed by atoms with E-state index in [9.17, 15) is 18.0 Å². The van der Waals surface area contributed by atoms with Gasteiger partial charge in [0, 0.05) is 24.5 Å². The third-order valence-electron chi connectivity index (χ3n) is 5.35. The number of sulfonamides is 1. The zero-order valence-electron chi connectivity index (χ0n) is 18.9. The van der Waals surface area contributed by atoms with E-state index in [-0.39, 0.29) is 23.3 Å². The predicted octanol–water partition coefficient (Wildman–Crippen LogP) is 3.87. The molecule has 0 aromatic heterocycles. The second-order valence-electron chi connectivity index (χ2n) is 7.96. The van der Waals surface area contributed by atoms with Crippen molar-refractivity contribution < 1.29 is 22.7 Å². The molecule has 1 aliphatic heterocycles. The summed E-state index contributed by atoms with van der Waals surface area (Å²) in [6, 6.07) is 12.9. The molecule has 1 amide bonds. The molecule has 8 nitrogen and oxygen atoms in total. The summed E-state index contributed by atoms with van der Waals surface area (Å²) in [5.41, 5.74) is 1.66. The number of hydrogen-bond acceptors (Lipinski definition) is 6. The van der Waals surface area contributed by atoms with Crippen molar-refractivity contribution in [3.8, 4) is 0 Å². The highest BCUT2D eigenvalue weighted by atomic mass is 32.2. The standard InChI is InChI=1S/C24H31N3O5S/c1-2-17-32-24(29)19-7-9-20(10-8-19)25-18-23(28)26-21-11-13-22(14-12-21)33(30,31)27-15-5-3-4-6-16-27/h7-14,25H,2-6,15-18H2,1H3,(H,26,28). The molecule has 2 aromatic carbocycles. The maximum absolute atomic E-state index is 12.9. The lowest BCUT2D eigenvalue weighted by atomic mass is 10.2. The van der Waals surface area contributed by atoms with Gasteiger partial charge in [-0.1, -0.05) is 19.8 Å². The fraction of sp³-hybridized carbons (Fsp3) is 0.417. The van der Waals surface area contributed by atoms with Gasteiger partial charge in [0.05, 0.1) is 23.6 Å². The van der Waals surface area contributed by atoms with E-state index in [1.807, 2.05) is 6.92 Å².